The van der Waals surface area contributed by atoms with Gasteiger partial charge in [-0.25, -0.2) is 0 Å². The lowest BCUT2D eigenvalue weighted by molar-refractivity contribution is -0.742. The van der Waals surface area contributed by atoms with Crippen molar-refractivity contribution in [3.8, 4) is 0 Å². The summed E-state index contributed by atoms with van der Waals surface area (Å²) in [6, 6.07) is 10.3. The molecule has 0 fully saturated rings. The molecule has 0 aliphatic rings. The van der Waals surface area contributed by atoms with Gasteiger partial charge < -0.3 is 10.9 Å². The largest absolute Gasteiger partial charge is 0.367 e. The molecule has 8 heteroatoms. The average molecular weight is 251 g/mol. The summed E-state index contributed by atoms with van der Waals surface area (Å²) in [6.07, 6.45) is 1.80. The number of aromatic nitrogens is 3. The van der Waals surface area contributed by atoms with Crippen molar-refractivity contribution in [2.24, 2.45) is 0 Å². The highest BCUT2D eigenvalue weighted by molar-refractivity contribution is 5.17. The predicted molar refractivity (Wildman–Crippen MR) is 63.4 cm³/mol. The van der Waals surface area contributed by atoms with Gasteiger partial charge in [-0.3, -0.25) is 5.10 Å². The van der Waals surface area contributed by atoms with E-state index >= 15 is 0 Å². The molecule has 0 saturated carbocycles. The first-order chi connectivity index (χ1) is 8.58. The third-order valence-corrected chi connectivity index (χ3v) is 2.04. The molecule has 0 spiro atoms. The SMILES string of the molecule is Nc1n[nH]c(CCc2ccccc2)n1.O=[N+]([O-])O. The van der Waals surface area contributed by atoms with Crippen molar-refractivity contribution >= 4 is 5.95 Å². The lowest BCUT2D eigenvalue weighted by Crippen LogP contribution is -1.93. The van der Waals surface area contributed by atoms with Crippen molar-refractivity contribution in [3.63, 3.8) is 0 Å². The molecule has 0 saturated heterocycles. The number of benzene rings is 1. The molecule has 2 rings (SSSR count). The fourth-order valence-corrected chi connectivity index (χ4v) is 1.33. The van der Waals surface area contributed by atoms with Crippen molar-refractivity contribution in [2.45, 2.75) is 12.8 Å². The Balaban J connectivity index is 0.000000357. The molecule has 0 aliphatic carbocycles. The highest BCUT2D eigenvalue weighted by Crippen LogP contribution is 2.03. The van der Waals surface area contributed by atoms with Gasteiger partial charge in [-0.15, -0.1) is 15.2 Å². The van der Waals surface area contributed by atoms with Crippen molar-refractivity contribution < 1.29 is 10.3 Å². The number of hydrogen-bond donors (Lipinski definition) is 3. The number of anilines is 1. The fraction of sp³-hybridized carbons (Fsp3) is 0.200. The van der Waals surface area contributed by atoms with E-state index in [1.54, 1.807) is 0 Å². The number of H-pyrrole nitrogens is 1. The summed E-state index contributed by atoms with van der Waals surface area (Å²) >= 11 is 0. The van der Waals surface area contributed by atoms with E-state index in [1.165, 1.54) is 5.56 Å². The monoisotopic (exact) mass is 251 g/mol. The first-order valence-electron chi connectivity index (χ1n) is 5.12. The number of aryl methyl sites for hydroxylation is 2. The van der Waals surface area contributed by atoms with Gasteiger partial charge in [0.1, 0.15) is 5.82 Å². The highest BCUT2D eigenvalue weighted by atomic mass is 16.9. The van der Waals surface area contributed by atoms with Crippen LogP contribution < -0.4 is 5.73 Å². The molecule has 1 aromatic carbocycles. The predicted octanol–water partition coefficient (Wildman–Crippen LogP) is 0.824. The molecule has 4 N–H and O–H groups in total. The minimum Gasteiger partial charge on any atom is -0.367 e. The Morgan fingerprint density at radius 2 is 1.94 bits per heavy atom. The summed E-state index contributed by atoms with van der Waals surface area (Å²) in [7, 11) is 0. The second kappa shape index (κ2) is 6.84. The van der Waals surface area contributed by atoms with Crippen LogP contribution in [0.15, 0.2) is 30.3 Å². The van der Waals surface area contributed by atoms with Crippen LogP contribution in [0, 0.1) is 10.1 Å². The highest BCUT2D eigenvalue weighted by Gasteiger charge is 1.99. The minimum absolute atomic E-state index is 0.313. The number of nitrogens with two attached hydrogens (primary N) is 1. The van der Waals surface area contributed by atoms with Crippen LogP contribution in [0.4, 0.5) is 5.95 Å². The number of nitrogens with one attached hydrogen (secondary N) is 1. The molecule has 2 aromatic rings. The second-order valence-corrected chi connectivity index (χ2v) is 3.36. The second-order valence-electron chi connectivity index (χ2n) is 3.36. The summed E-state index contributed by atoms with van der Waals surface area (Å²) in [5.41, 5.74) is 6.69. The number of aromatic amines is 1. The van der Waals surface area contributed by atoms with Gasteiger partial charge in [0.05, 0.1) is 0 Å². The topological polar surface area (TPSA) is 131 Å². The summed E-state index contributed by atoms with van der Waals surface area (Å²) in [6.45, 7) is 0. The van der Waals surface area contributed by atoms with Crippen LogP contribution in [0.5, 0.6) is 0 Å². The third kappa shape index (κ3) is 5.45. The Bertz CT molecular complexity index is 481. The maximum Gasteiger partial charge on any atom is 0.291 e. The Morgan fingerprint density at radius 1 is 1.33 bits per heavy atom. The first-order valence-corrected chi connectivity index (χ1v) is 5.12. The molecule has 8 nitrogen and oxygen atoms in total. The van der Waals surface area contributed by atoms with Gasteiger partial charge in [-0.2, -0.15) is 4.98 Å². The Hall–Kier alpha value is -2.64. The van der Waals surface area contributed by atoms with E-state index in [4.69, 9.17) is 21.1 Å². The van der Waals surface area contributed by atoms with Gasteiger partial charge in [0, 0.05) is 6.42 Å². The van der Waals surface area contributed by atoms with E-state index in [1.807, 2.05) is 18.2 Å². The van der Waals surface area contributed by atoms with Crippen LogP contribution in [-0.4, -0.2) is 25.5 Å². The number of hydrogen-bond acceptors (Lipinski definition) is 5. The standard InChI is InChI=1S/C10H12N4.HNO3/c11-10-12-9(13-14-10)7-6-8-4-2-1-3-5-8;2-1(3)4/h1-5H,6-7H2,(H3,11,12,13,14);(H,2,3,4). The van der Waals surface area contributed by atoms with Gasteiger partial charge in [-0.05, 0) is 12.0 Å². The smallest absolute Gasteiger partial charge is 0.291 e. The summed E-state index contributed by atoms with van der Waals surface area (Å²) < 4.78 is 0. The fourth-order valence-electron chi connectivity index (χ4n) is 1.33. The van der Waals surface area contributed by atoms with Crippen LogP contribution in [-0.2, 0) is 12.8 Å². The van der Waals surface area contributed by atoms with E-state index in [0.29, 0.717) is 5.95 Å². The van der Waals surface area contributed by atoms with E-state index in [0.717, 1.165) is 18.7 Å². The van der Waals surface area contributed by atoms with Gasteiger partial charge >= 0.3 is 0 Å². The van der Waals surface area contributed by atoms with Crippen molar-refractivity contribution in [3.05, 3.63) is 51.8 Å². The van der Waals surface area contributed by atoms with E-state index in [-0.39, 0.29) is 0 Å². The third-order valence-electron chi connectivity index (χ3n) is 2.04. The zero-order valence-corrected chi connectivity index (χ0v) is 9.48. The molecule has 1 heterocycles. The van der Waals surface area contributed by atoms with E-state index in [2.05, 4.69) is 27.3 Å². The number of nitrogen functional groups attached to an aromatic ring is 1. The van der Waals surface area contributed by atoms with E-state index < -0.39 is 5.09 Å². The van der Waals surface area contributed by atoms with Crippen LogP contribution >= 0.6 is 0 Å². The Kier molecular flexibility index (Phi) is 5.10. The Labute approximate surface area is 103 Å². The molecule has 0 unspecified atom stereocenters. The quantitative estimate of drug-likeness (QED) is 0.546. The summed E-state index contributed by atoms with van der Waals surface area (Å²) in [4.78, 5) is 12.4. The molecular formula is C10H13N5O3. The van der Waals surface area contributed by atoms with Gasteiger partial charge in [0.2, 0.25) is 5.95 Å². The van der Waals surface area contributed by atoms with Crippen LogP contribution in [0.3, 0.4) is 0 Å². The minimum atomic E-state index is -1.50. The molecule has 1 aromatic heterocycles. The maximum absolute atomic E-state index is 8.36. The van der Waals surface area contributed by atoms with E-state index in [9.17, 15) is 0 Å². The number of rotatable bonds is 3. The zero-order chi connectivity index (χ0) is 13.4. The lowest BCUT2D eigenvalue weighted by atomic mass is 10.1. The molecule has 0 bridgehead atoms. The molecule has 0 radical (unpaired) electrons. The van der Waals surface area contributed by atoms with Crippen molar-refractivity contribution in [1.29, 1.82) is 0 Å². The summed E-state index contributed by atoms with van der Waals surface area (Å²) in [5, 5.41) is 20.2. The molecule has 0 amide bonds. The van der Waals surface area contributed by atoms with Gasteiger partial charge in [0.25, 0.3) is 5.09 Å². The maximum atomic E-state index is 8.36. The summed E-state index contributed by atoms with van der Waals surface area (Å²) in [5.74, 6) is 1.15. The number of nitrogens with zero attached hydrogens (tertiary/aromatic N) is 3. The van der Waals surface area contributed by atoms with Crippen LogP contribution in [0.2, 0.25) is 0 Å². The van der Waals surface area contributed by atoms with Gasteiger partial charge in [0.15, 0.2) is 0 Å². The lowest BCUT2D eigenvalue weighted by Gasteiger charge is -1.97. The first kappa shape index (κ1) is 13.4. The van der Waals surface area contributed by atoms with Crippen LogP contribution in [0.25, 0.3) is 0 Å². The molecule has 0 aliphatic heterocycles. The van der Waals surface area contributed by atoms with Crippen molar-refractivity contribution in [2.75, 3.05) is 5.73 Å². The van der Waals surface area contributed by atoms with Crippen molar-refractivity contribution in [1.82, 2.24) is 15.2 Å². The average Bonchev–Trinajstić information content (AvgIpc) is 2.73. The molecule has 96 valence electrons. The Morgan fingerprint density at radius 3 is 2.44 bits per heavy atom. The zero-order valence-electron chi connectivity index (χ0n) is 9.48. The molecule has 18 heavy (non-hydrogen) atoms. The molecular weight excluding hydrogens is 238 g/mol. The normalized spacial score (nSPS) is 9.33. The van der Waals surface area contributed by atoms with Crippen LogP contribution in [0.1, 0.15) is 11.4 Å². The molecule has 0 atom stereocenters. The van der Waals surface area contributed by atoms with Gasteiger partial charge in [-0.1, -0.05) is 30.3 Å².